The number of nitrogens with one attached hydrogen (secondary N) is 2. The lowest BCUT2D eigenvalue weighted by atomic mass is 10.2. The number of hydrogen-bond donors (Lipinski definition) is 2. The van der Waals surface area contributed by atoms with E-state index >= 15 is 0 Å². The summed E-state index contributed by atoms with van der Waals surface area (Å²) in [5.41, 5.74) is 2.96. The Morgan fingerprint density at radius 3 is 1.85 bits per heavy atom. The highest BCUT2D eigenvalue weighted by Gasteiger charge is 2.24. The van der Waals surface area contributed by atoms with Gasteiger partial charge in [-0.15, -0.1) is 9.19 Å². The van der Waals surface area contributed by atoms with Gasteiger partial charge in [0.25, 0.3) is 10.0 Å². The van der Waals surface area contributed by atoms with Crippen molar-refractivity contribution in [2.75, 3.05) is 10.6 Å². The molecule has 0 spiro atoms. The van der Waals surface area contributed by atoms with Gasteiger partial charge < -0.3 is 10.6 Å². The smallest absolute Gasteiger partial charge is 0.286 e. The third-order valence-electron chi connectivity index (χ3n) is 4.85. The van der Waals surface area contributed by atoms with Crippen molar-refractivity contribution in [1.29, 1.82) is 0 Å². The predicted molar refractivity (Wildman–Crippen MR) is 137 cm³/mol. The zero-order chi connectivity index (χ0) is 23.4. The molecule has 1 heterocycles. The lowest BCUT2D eigenvalue weighted by Gasteiger charge is -2.09. The van der Waals surface area contributed by atoms with Crippen molar-refractivity contribution in [2.45, 2.75) is 24.9 Å². The minimum atomic E-state index is -3.94. The summed E-state index contributed by atoms with van der Waals surface area (Å²) < 4.78 is 29.6. The Kier molecular flexibility index (Phi) is 7.16. The Morgan fingerprint density at radius 1 is 0.788 bits per heavy atom. The number of anilines is 2. The molecule has 1 aromatic heterocycles. The molecule has 0 amide bonds. The van der Waals surface area contributed by atoms with E-state index in [9.17, 15) is 8.42 Å². The third-order valence-corrected chi connectivity index (χ3v) is 7.49. The van der Waals surface area contributed by atoms with Gasteiger partial charge in [0.15, 0.2) is 0 Å². The first-order chi connectivity index (χ1) is 15.8. The normalized spacial score (nSPS) is 11.4. The van der Waals surface area contributed by atoms with Gasteiger partial charge in [-0.25, -0.2) is 0 Å². The van der Waals surface area contributed by atoms with Crippen LogP contribution in [0.2, 0.25) is 0 Å². The summed E-state index contributed by atoms with van der Waals surface area (Å²) in [6.45, 7) is 2.75. The van der Waals surface area contributed by atoms with E-state index in [1.165, 1.54) is 0 Å². The summed E-state index contributed by atoms with van der Waals surface area (Å²) in [7, 11) is -3.94. The topological polar surface area (TPSA) is 88.9 Å². The second kappa shape index (κ2) is 10.1. The first-order valence-corrected chi connectivity index (χ1v) is 13.1. The summed E-state index contributed by atoms with van der Waals surface area (Å²) in [4.78, 5) is 4.56. The van der Waals surface area contributed by atoms with E-state index in [0.717, 1.165) is 29.7 Å². The van der Waals surface area contributed by atoms with E-state index in [-0.39, 0.29) is 16.8 Å². The van der Waals surface area contributed by atoms with Crippen molar-refractivity contribution >= 4 is 53.8 Å². The molecule has 0 aliphatic rings. The highest BCUT2D eigenvalue weighted by atomic mass is 79.9. The van der Waals surface area contributed by atoms with Gasteiger partial charge in [-0.05, 0) is 54.4 Å². The minimum absolute atomic E-state index is 0.136. The number of halogens is 2. The van der Waals surface area contributed by atoms with Crippen LogP contribution in [0.3, 0.4) is 0 Å². The summed E-state index contributed by atoms with van der Waals surface area (Å²) in [6, 6.07) is 22.2. The van der Waals surface area contributed by atoms with Gasteiger partial charge in [-0.2, -0.15) is 13.4 Å². The molecule has 0 fully saturated rings. The molecule has 0 atom stereocenters. The van der Waals surface area contributed by atoms with E-state index < -0.39 is 10.0 Å². The molecule has 2 N–H and O–H groups in total. The molecule has 0 aliphatic heterocycles. The van der Waals surface area contributed by atoms with Crippen LogP contribution < -0.4 is 10.6 Å². The monoisotopic (exact) mass is 589 g/mol. The summed E-state index contributed by atoms with van der Waals surface area (Å²) >= 11 is 6.83. The molecular weight excluding hydrogens is 570 g/mol. The SMILES string of the molecule is Cc1ccc(S(=O)(=O)n2nc(NCc3ccc(Br)cc3)nc2NCc2ccc(Br)cc2)cc1. The van der Waals surface area contributed by atoms with Crippen LogP contribution in [0.15, 0.2) is 86.6 Å². The lowest BCUT2D eigenvalue weighted by molar-refractivity contribution is 0.580. The highest BCUT2D eigenvalue weighted by Crippen LogP contribution is 2.21. The van der Waals surface area contributed by atoms with E-state index in [1.807, 2.05) is 55.5 Å². The van der Waals surface area contributed by atoms with Gasteiger partial charge in [0.2, 0.25) is 11.9 Å². The molecule has 4 rings (SSSR count). The summed E-state index contributed by atoms with van der Waals surface area (Å²) in [5, 5.41) is 10.5. The molecule has 0 radical (unpaired) electrons. The molecule has 0 saturated heterocycles. The van der Waals surface area contributed by atoms with Crippen LogP contribution in [0.5, 0.6) is 0 Å². The van der Waals surface area contributed by atoms with Crippen molar-refractivity contribution < 1.29 is 8.42 Å². The van der Waals surface area contributed by atoms with Crippen molar-refractivity contribution in [3.8, 4) is 0 Å². The van der Waals surface area contributed by atoms with E-state index in [4.69, 9.17) is 0 Å². The number of nitrogens with zero attached hydrogens (tertiary/aromatic N) is 3. The minimum Gasteiger partial charge on any atom is -0.349 e. The number of hydrogen-bond acceptors (Lipinski definition) is 6. The molecule has 0 saturated carbocycles. The maximum atomic E-state index is 13.3. The Morgan fingerprint density at radius 2 is 1.30 bits per heavy atom. The van der Waals surface area contributed by atoms with Crippen LogP contribution >= 0.6 is 31.9 Å². The molecular formula is C23H21Br2N5O2S. The van der Waals surface area contributed by atoms with Gasteiger partial charge in [-0.3, -0.25) is 0 Å². The maximum absolute atomic E-state index is 13.3. The second-order valence-electron chi connectivity index (χ2n) is 7.38. The molecule has 7 nitrogen and oxygen atoms in total. The second-order valence-corrected chi connectivity index (χ2v) is 11.0. The fourth-order valence-corrected chi connectivity index (χ4v) is 4.75. The Bertz CT molecular complexity index is 1340. The molecule has 0 unspecified atom stereocenters. The van der Waals surface area contributed by atoms with Gasteiger partial charge in [0, 0.05) is 22.0 Å². The first-order valence-electron chi connectivity index (χ1n) is 10.1. The Balaban J connectivity index is 1.62. The van der Waals surface area contributed by atoms with Gasteiger partial charge in [0.05, 0.1) is 4.90 Å². The van der Waals surface area contributed by atoms with Crippen molar-refractivity contribution in [1.82, 2.24) is 14.2 Å². The van der Waals surface area contributed by atoms with Crippen LogP contribution in [0.25, 0.3) is 0 Å². The standard InChI is InChI=1S/C23H21Br2N5O2S/c1-16-2-12-21(13-3-16)33(31,32)30-23(27-15-18-6-10-20(25)11-7-18)28-22(29-30)26-14-17-4-8-19(24)9-5-17/h2-13H,14-15H2,1H3,(H2,26,27,28,29). The Labute approximate surface area is 209 Å². The predicted octanol–water partition coefficient (Wildman–Crippen LogP) is 5.57. The van der Waals surface area contributed by atoms with Gasteiger partial charge in [-0.1, -0.05) is 73.8 Å². The molecule has 0 bridgehead atoms. The number of aryl methyl sites for hydroxylation is 1. The van der Waals surface area contributed by atoms with Crippen LogP contribution in [0.1, 0.15) is 16.7 Å². The summed E-state index contributed by atoms with van der Waals surface area (Å²) in [6.07, 6.45) is 0. The molecule has 170 valence electrons. The Hall–Kier alpha value is -2.69. The van der Waals surface area contributed by atoms with Gasteiger partial charge in [0.1, 0.15) is 0 Å². The summed E-state index contributed by atoms with van der Waals surface area (Å²) in [5.74, 6) is 0.351. The largest absolute Gasteiger partial charge is 0.349 e. The third kappa shape index (κ3) is 5.82. The average Bonchev–Trinajstić information content (AvgIpc) is 3.23. The fourth-order valence-electron chi connectivity index (χ4n) is 3.03. The molecule has 33 heavy (non-hydrogen) atoms. The van der Waals surface area contributed by atoms with Crippen molar-refractivity contribution in [2.24, 2.45) is 0 Å². The lowest BCUT2D eigenvalue weighted by Crippen LogP contribution is -2.18. The van der Waals surface area contributed by atoms with Crippen molar-refractivity contribution in [3.63, 3.8) is 0 Å². The number of aromatic nitrogens is 3. The van der Waals surface area contributed by atoms with Crippen LogP contribution in [-0.2, 0) is 23.1 Å². The average molecular weight is 591 g/mol. The number of benzene rings is 3. The molecule has 10 heteroatoms. The number of rotatable bonds is 8. The van der Waals surface area contributed by atoms with Crippen LogP contribution in [-0.4, -0.2) is 22.6 Å². The molecule has 0 aliphatic carbocycles. The van der Waals surface area contributed by atoms with E-state index in [2.05, 4.69) is 52.6 Å². The maximum Gasteiger partial charge on any atom is 0.286 e. The van der Waals surface area contributed by atoms with Crippen molar-refractivity contribution in [3.05, 3.63) is 98.4 Å². The first kappa shape index (κ1) is 23.5. The van der Waals surface area contributed by atoms with Crippen LogP contribution in [0, 0.1) is 6.92 Å². The molecule has 3 aromatic carbocycles. The quantitative estimate of drug-likeness (QED) is 0.279. The zero-order valence-electron chi connectivity index (χ0n) is 17.7. The van der Waals surface area contributed by atoms with E-state index in [1.54, 1.807) is 24.3 Å². The zero-order valence-corrected chi connectivity index (χ0v) is 21.7. The van der Waals surface area contributed by atoms with Crippen LogP contribution in [0.4, 0.5) is 11.9 Å². The molecule has 4 aromatic rings. The fraction of sp³-hybridized carbons (Fsp3) is 0.130. The van der Waals surface area contributed by atoms with Gasteiger partial charge >= 0.3 is 0 Å². The van der Waals surface area contributed by atoms with E-state index in [0.29, 0.717) is 13.1 Å². The highest BCUT2D eigenvalue weighted by molar-refractivity contribution is 9.10.